The van der Waals surface area contributed by atoms with Crippen LogP contribution in [0.2, 0.25) is 0 Å². The van der Waals surface area contributed by atoms with Gasteiger partial charge < -0.3 is 15.2 Å². The second kappa shape index (κ2) is 6.86. The first kappa shape index (κ1) is 16.7. The molecule has 0 fully saturated rings. The van der Waals surface area contributed by atoms with Crippen LogP contribution in [0.1, 0.15) is 44.4 Å². The van der Waals surface area contributed by atoms with E-state index in [1.54, 1.807) is 7.05 Å². The number of hydrogen-bond donors (Lipinski definition) is 2. The highest BCUT2D eigenvalue weighted by Gasteiger charge is 2.23. The van der Waals surface area contributed by atoms with Crippen LogP contribution < -0.4 is 5.32 Å². The first-order valence-electron chi connectivity index (χ1n) is 6.82. The van der Waals surface area contributed by atoms with Crippen LogP contribution in [0.3, 0.4) is 0 Å². The Hall–Kier alpha value is -1.39. The molecule has 0 aromatic heterocycles. The van der Waals surface area contributed by atoms with Crippen molar-refractivity contribution in [3.05, 3.63) is 35.4 Å². The van der Waals surface area contributed by atoms with E-state index in [-0.39, 0.29) is 23.8 Å². The molecule has 0 radical (unpaired) electrons. The Morgan fingerprint density at radius 2 is 1.85 bits per heavy atom. The molecule has 4 nitrogen and oxygen atoms in total. The van der Waals surface area contributed by atoms with Gasteiger partial charge in [0, 0.05) is 6.04 Å². The van der Waals surface area contributed by atoms with E-state index in [1.165, 1.54) is 12.7 Å². The van der Waals surface area contributed by atoms with Crippen molar-refractivity contribution in [1.82, 2.24) is 5.32 Å². The van der Waals surface area contributed by atoms with Gasteiger partial charge in [0.15, 0.2) is 0 Å². The van der Waals surface area contributed by atoms with E-state index in [9.17, 15) is 9.90 Å². The maximum atomic E-state index is 11.3. The number of aliphatic hydroxyl groups excluding tert-OH is 1. The Morgan fingerprint density at radius 3 is 2.25 bits per heavy atom. The Bertz CT molecular complexity index is 434. The van der Waals surface area contributed by atoms with Gasteiger partial charge >= 0.3 is 5.97 Å². The zero-order chi connectivity index (χ0) is 15.3. The number of carbonyl (C=O) groups is 1. The van der Waals surface area contributed by atoms with Gasteiger partial charge in [0.25, 0.3) is 0 Å². The number of nitrogens with one attached hydrogen (secondary N) is 1. The Kier molecular flexibility index (Phi) is 5.72. The predicted octanol–water partition coefficient (Wildman–Crippen LogP) is 2.17. The fourth-order valence-electron chi connectivity index (χ4n) is 2.05. The summed E-state index contributed by atoms with van der Waals surface area (Å²) >= 11 is 0. The van der Waals surface area contributed by atoms with Gasteiger partial charge in [0.2, 0.25) is 0 Å². The second-order valence-corrected chi connectivity index (χ2v) is 5.99. The molecule has 0 bridgehead atoms. The molecule has 0 saturated heterocycles. The molecule has 1 aromatic carbocycles. The van der Waals surface area contributed by atoms with Gasteiger partial charge in [-0.25, -0.2) is 0 Å². The number of aliphatic hydroxyl groups is 1. The first-order valence-corrected chi connectivity index (χ1v) is 6.82. The Labute approximate surface area is 121 Å². The molecule has 2 N–H and O–H groups in total. The summed E-state index contributed by atoms with van der Waals surface area (Å²) in [5.41, 5.74) is 2.08. The van der Waals surface area contributed by atoms with E-state index < -0.39 is 6.10 Å². The normalized spacial score (nSPS) is 14.7. The number of ether oxygens (including phenoxy) is 1. The van der Waals surface area contributed by atoms with Gasteiger partial charge in [-0.3, -0.25) is 4.79 Å². The highest BCUT2D eigenvalue weighted by molar-refractivity contribution is 5.70. The van der Waals surface area contributed by atoms with Gasteiger partial charge in [0.1, 0.15) is 0 Å². The Morgan fingerprint density at radius 1 is 1.30 bits per heavy atom. The summed E-state index contributed by atoms with van der Waals surface area (Å²) in [6.45, 7) is 6.43. The minimum absolute atomic E-state index is 0.0813. The molecular weight excluding hydrogens is 254 g/mol. The molecule has 0 aliphatic heterocycles. The number of methoxy groups -OCH3 is 1. The molecule has 0 spiro atoms. The summed E-state index contributed by atoms with van der Waals surface area (Å²) in [7, 11) is 3.07. The predicted molar refractivity (Wildman–Crippen MR) is 79.6 cm³/mol. The number of benzene rings is 1. The summed E-state index contributed by atoms with van der Waals surface area (Å²) in [5.74, 6) is -0.338. The second-order valence-electron chi connectivity index (χ2n) is 5.99. The zero-order valence-electron chi connectivity index (χ0n) is 12.9. The van der Waals surface area contributed by atoms with E-state index in [1.807, 2.05) is 24.3 Å². The van der Waals surface area contributed by atoms with Gasteiger partial charge in [-0.1, -0.05) is 45.0 Å². The van der Waals surface area contributed by atoms with Crippen LogP contribution in [0.25, 0.3) is 0 Å². The molecule has 20 heavy (non-hydrogen) atoms. The average Bonchev–Trinajstić information content (AvgIpc) is 2.42. The first-order chi connectivity index (χ1) is 9.29. The third-order valence-corrected chi connectivity index (χ3v) is 3.48. The maximum Gasteiger partial charge on any atom is 0.307 e. The van der Waals surface area contributed by atoms with Gasteiger partial charge in [-0.15, -0.1) is 0 Å². The molecule has 0 aliphatic rings. The molecule has 4 heteroatoms. The summed E-state index contributed by atoms with van der Waals surface area (Å²) in [5, 5.41) is 13.3. The lowest BCUT2D eigenvalue weighted by Gasteiger charge is -2.23. The molecular formula is C16H25NO3. The van der Waals surface area contributed by atoms with Crippen molar-refractivity contribution in [3.8, 4) is 0 Å². The topological polar surface area (TPSA) is 58.6 Å². The monoisotopic (exact) mass is 279 g/mol. The lowest BCUT2D eigenvalue weighted by Crippen LogP contribution is -2.34. The van der Waals surface area contributed by atoms with Crippen LogP contribution in [0.4, 0.5) is 0 Å². The minimum Gasteiger partial charge on any atom is -0.469 e. The standard InChI is InChI=1S/C16H25NO3/c1-16(2,3)12-8-6-11(7-9-12)15(19)13(17-4)10-14(18)20-5/h6-9,13,15,17,19H,10H2,1-5H3. The van der Waals surface area contributed by atoms with Crippen LogP contribution in [0, 0.1) is 0 Å². The van der Waals surface area contributed by atoms with Crippen molar-refractivity contribution in [2.45, 2.75) is 44.8 Å². The summed E-state index contributed by atoms with van der Waals surface area (Å²) in [4.78, 5) is 11.3. The smallest absolute Gasteiger partial charge is 0.307 e. The van der Waals surface area contributed by atoms with E-state index >= 15 is 0 Å². The number of esters is 1. The van der Waals surface area contributed by atoms with Crippen molar-refractivity contribution >= 4 is 5.97 Å². The average molecular weight is 279 g/mol. The lowest BCUT2D eigenvalue weighted by molar-refractivity contribution is -0.141. The summed E-state index contributed by atoms with van der Waals surface area (Å²) < 4.78 is 4.64. The highest BCUT2D eigenvalue weighted by Crippen LogP contribution is 2.25. The van der Waals surface area contributed by atoms with Crippen LogP contribution >= 0.6 is 0 Å². The van der Waals surface area contributed by atoms with Gasteiger partial charge in [-0.05, 0) is 23.6 Å². The lowest BCUT2D eigenvalue weighted by atomic mass is 9.86. The zero-order valence-corrected chi connectivity index (χ0v) is 12.9. The quantitative estimate of drug-likeness (QED) is 0.811. The SMILES string of the molecule is CNC(CC(=O)OC)C(O)c1ccc(C(C)(C)C)cc1. The van der Waals surface area contributed by atoms with E-state index in [2.05, 4.69) is 30.8 Å². The molecule has 112 valence electrons. The number of carbonyl (C=O) groups excluding carboxylic acids is 1. The van der Waals surface area contributed by atoms with Gasteiger partial charge in [0.05, 0.1) is 19.6 Å². The molecule has 2 atom stereocenters. The molecule has 1 rings (SSSR count). The van der Waals surface area contributed by atoms with Crippen LogP contribution in [-0.2, 0) is 14.9 Å². The fraction of sp³-hybridized carbons (Fsp3) is 0.562. The number of hydrogen-bond acceptors (Lipinski definition) is 4. The van der Waals surface area contributed by atoms with Crippen molar-refractivity contribution in [1.29, 1.82) is 0 Å². The van der Waals surface area contributed by atoms with Crippen molar-refractivity contribution in [2.75, 3.05) is 14.2 Å². The highest BCUT2D eigenvalue weighted by atomic mass is 16.5. The van der Waals surface area contributed by atoms with E-state index in [0.29, 0.717) is 0 Å². The Balaban J connectivity index is 2.85. The largest absolute Gasteiger partial charge is 0.469 e. The third kappa shape index (κ3) is 4.32. The molecule has 0 aliphatic carbocycles. The van der Waals surface area contributed by atoms with Crippen molar-refractivity contribution in [3.63, 3.8) is 0 Å². The van der Waals surface area contributed by atoms with Crippen molar-refractivity contribution < 1.29 is 14.6 Å². The third-order valence-electron chi connectivity index (χ3n) is 3.48. The molecule has 0 heterocycles. The van der Waals surface area contributed by atoms with E-state index in [0.717, 1.165) is 5.56 Å². The summed E-state index contributed by atoms with van der Waals surface area (Å²) in [6, 6.07) is 7.50. The van der Waals surface area contributed by atoms with Crippen LogP contribution in [0.15, 0.2) is 24.3 Å². The van der Waals surface area contributed by atoms with Gasteiger partial charge in [-0.2, -0.15) is 0 Å². The number of rotatable bonds is 5. The molecule has 0 amide bonds. The van der Waals surface area contributed by atoms with E-state index in [4.69, 9.17) is 0 Å². The fourth-order valence-corrected chi connectivity index (χ4v) is 2.05. The van der Waals surface area contributed by atoms with Crippen molar-refractivity contribution in [2.24, 2.45) is 0 Å². The molecule has 2 unspecified atom stereocenters. The minimum atomic E-state index is -0.742. The summed E-state index contributed by atoms with van der Waals surface area (Å²) in [6.07, 6.45) is -0.608. The number of likely N-dealkylation sites (N-methyl/N-ethyl adjacent to an activating group) is 1. The van der Waals surface area contributed by atoms with Crippen LogP contribution in [0.5, 0.6) is 0 Å². The molecule has 0 saturated carbocycles. The molecule has 1 aromatic rings. The maximum absolute atomic E-state index is 11.3. The van der Waals surface area contributed by atoms with Crippen LogP contribution in [-0.4, -0.2) is 31.3 Å².